The number of ether oxygens (including phenoxy) is 6. The number of likely N-dealkylation sites (tertiary alicyclic amines) is 2. The Kier molecular flexibility index (Phi) is 26.0. The fourth-order valence-electron chi connectivity index (χ4n) is 11.2. The molecule has 0 spiro atoms. The van der Waals surface area contributed by atoms with Crippen LogP contribution in [0.5, 0.6) is 11.8 Å². The fourth-order valence-corrected chi connectivity index (χ4v) is 13.1. The predicted molar refractivity (Wildman–Crippen MR) is 378 cm³/mol. The molecule has 2 aliphatic carbocycles. The van der Waals surface area contributed by atoms with Gasteiger partial charge in [-0.05, 0) is 187 Å². The number of sulfonamides is 2. The van der Waals surface area contributed by atoms with E-state index in [2.05, 4.69) is 47.7 Å². The number of aromatic carboxylic acids is 1. The van der Waals surface area contributed by atoms with Gasteiger partial charge >= 0.3 is 24.3 Å². The maximum absolute atomic E-state index is 13.1. The molecule has 6 aromatic heterocycles. The molecule has 570 valence electrons. The molecule has 10 rings (SSSR count). The van der Waals surface area contributed by atoms with Crippen molar-refractivity contribution in [1.29, 1.82) is 0 Å². The monoisotopic (exact) mass is 1530 g/mol. The Balaban J connectivity index is 0.000000215. The van der Waals surface area contributed by atoms with Gasteiger partial charge in [0, 0.05) is 48.7 Å². The van der Waals surface area contributed by atoms with E-state index in [-0.39, 0.29) is 112 Å². The molecule has 0 radical (unpaired) electrons. The van der Waals surface area contributed by atoms with Gasteiger partial charge in [0.2, 0.25) is 11.8 Å². The maximum Gasteiger partial charge on any atom is 0.410 e. The first-order valence-electron chi connectivity index (χ1n) is 33.7. The number of hydrogen-bond acceptors (Lipinski definition) is 22. The van der Waals surface area contributed by atoms with Crippen molar-refractivity contribution in [2.24, 2.45) is 16.0 Å². The number of anilines is 2. The number of alkyl halides is 3. The Morgan fingerprint density at radius 3 is 1.46 bits per heavy atom. The van der Waals surface area contributed by atoms with E-state index < -0.39 is 60.3 Å². The van der Waals surface area contributed by atoms with Gasteiger partial charge in [0.05, 0.1) is 68.3 Å². The van der Waals surface area contributed by atoms with E-state index in [9.17, 15) is 49.2 Å². The second kappa shape index (κ2) is 33.1. The first-order chi connectivity index (χ1) is 48.4. The molecule has 2 atom stereocenters. The summed E-state index contributed by atoms with van der Waals surface area (Å²) in [5.41, 5.74) is -3.25. The van der Waals surface area contributed by atoms with Crippen molar-refractivity contribution in [3.05, 3.63) is 107 Å². The number of halogens is 5. The lowest BCUT2D eigenvalue weighted by Crippen LogP contribution is -2.45. The lowest BCUT2D eigenvalue weighted by atomic mass is 10.0. The van der Waals surface area contributed by atoms with Gasteiger partial charge in [-0.1, -0.05) is 42.3 Å². The second-order valence-corrected chi connectivity index (χ2v) is 33.1. The molecule has 36 heteroatoms. The van der Waals surface area contributed by atoms with Gasteiger partial charge in [0.15, 0.2) is 21.7 Å². The molecule has 8 heterocycles. The summed E-state index contributed by atoms with van der Waals surface area (Å²) in [5, 5.41) is 27.6. The smallest absolute Gasteiger partial charge is 0.410 e. The predicted octanol–water partition coefficient (Wildman–Crippen LogP) is 11.7. The first-order valence-corrected chi connectivity index (χ1v) is 37.5. The molecule has 0 bridgehead atoms. The van der Waals surface area contributed by atoms with Crippen molar-refractivity contribution in [2.45, 2.75) is 191 Å². The SMILES string of the molecule is CC(C)(C)OC(=O)N1CC(OCCNc2cccc(S(N)(=O)=O)n2)CC1(C)C.CC1(CCCOc2ccn(-c3ccc(C(=O)NS(=O)(=O)c4cccc(NCCOC5CN(C(=O)OC(C)(C)C)C(C)(C)C5)n4)c(Cl)n3)n2)CC1.O=C(O)c1ccc(-n2ccc(OCCCC3(C(F)(F)F)CC3)n2)nc1Cl. The number of carboxylic acids is 1. The molecular formula is C68H91Cl2F3N14O15S2. The van der Waals surface area contributed by atoms with E-state index in [1.165, 1.54) is 76.9 Å². The number of carbonyl (C=O) groups is 4. The first kappa shape index (κ1) is 81.5. The van der Waals surface area contributed by atoms with Crippen molar-refractivity contribution >= 4 is 78.9 Å². The zero-order valence-corrected chi connectivity index (χ0v) is 63.0. The third-order valence-corrected chi connectivity index (χ3v) is 19.8. The molecule has 6 N–H and O–H groups in total. The third kappa shape index (κ3) is 23.4. The number of primary sulfonamides is 1. The molecule has 4 fully saturated rings. The minimum Gasteiger partial charge on any atom is -0.478 e. The van der Waals surface area contributed by atoms with Crippen LogP contribution in [0.2, 0.25) is 10.3 Å². The Hall–Kier alpha value is -8.15. The number of carbonyl (C=O) groups excluding carboxylic acids is 3. The van der Waals surface area contributed by atoms with E-state index >= 15 is 0 Å². The Bertz CT molecular complexity index is 4240. The van der Waals surface area contributed by atoms with Crippen molar-refractivity contribution in [2.75, 3.05) is 63.2 Å². The lowest BCUT2D eigenvalue weighted by Gasteiger charge is -2.33. The summed E-state index contributed by atoms with van der Waals surface area (Å²) in [5.74, 6) is -0.172. The van der Waals surface area contributed by atoms with Gasteiger partial charge in [0.25, 0.3) is 26.0 Å². The number of pyridine rings is 4. The highest BCUT2D eigenvalue weighted by atomic mass is 35.5. The van der Waals surface area contributed by atoms with Crippen LogP contribution in [0.15, 0.2) is 95.2 Å². The topological polar surface area (TPSA) is 368 Å². The summed E-state index contributed by atoms with van der Waals surface area (Å²) in [6, 6.07) is 17.8. The molecule has 0 aromatic carbocycles. The van der Waals surface area contributed by atoms with Crippen LogP contribution in [0.3, 0.4) is 0 Å². The number of hydrogen-bond donors (Lipinski definition) is 5. The number of carboxylic acid groups (broad SMARTS) is 1. The van der Waals surface area contributed by atoms with Crippen molar-refractivity contribution in [3.8, 4) is 23.4 Å². The van der Waals surface area contributed by atoms with Crippen LogP contribution in [-0.2, 0) is 39.0 Å². The summed E-state index contributed by atoms with van der Waals surface area (Å²) >= 11 is 12.1. The average molecular weight is 1540 g/mol. The fraction of sp³-hybridized carbons (Fsp3) is 0.559. The highest BCUT2D eigenvalue weighted by Crippen LogP contribution is 2.60. The zero-order valence-electron chi connectivity index (χ0n) is 59.9. The number of rotatable bonds is 27. The molecule has 3 amide bonds. The van der Waals surface area contributed by atoms with Crippen molar-refractivity contribution in [3.63, 3.8) is 0 Å². The minimum absolute atomic E-state index is 0.0466. The van der Waals surface area contributed by atoms with Crippen molar-refractivity contribution < 1.29 is 82.7 Å². The molecule has 4 aliphatic rings. The molecule has 2 saturated carbocycles. The largest absolute Gasteiger partial charge is 0.478 e. The molecule has 2 saturated heterocycles. The van der Waals surface area contributed by atoms with Crippen molar-refractivity contribution in [1.82, 2.24) is 54.0 Å². The zero-order chi connectivity index (χ0) is 76.4. The normalized spacial score (nSPS) is 17.9. The summed E-state index contributed by atoms with van der Waals surface area (Å²) in [4.78, 5) is 68.7. The molecule has 29 nitrogen and oxygen atoms in total. The van der Waals surface area contributed by atoms with Gasteiger partial charge in [-0.3, -0.25) is 4.79 Å². The van der Waals surface area contributed by atoms with E-state index in [1.54, 1.807) is 40.3 Å². The Morgan fingerprint density at radius 1 is 0.606 bits per heavy atom. The minimum atomic E-state index is -4.36. The molecule has 2 unspecified atom stereocenters. The van der Waals surface area contributed by atoms with Crippen LogP contribution >= 0.6 is 23.2 Å². The number of nitrogens with one attached hydrogen (secondary N) is 3. The van der Waals surface area contributed by atoms with Gasteiger partial charge in [-0.15, -0.1) is 10.2 Å². The van der Waals surface area contributed by atoms with Crippen LogP contribution in [-0.4, -0.2) is 189 Å². The average Bonchev–Trinajstić information content (AvgIpc) is 1.60. The highest BCUT2D eigenvalue weighted by molar-refractivity contribution is 7.90. The lowest BCUT2D eigenvalue weighted by molar-refractivity contribution is -0.189. The number of nitrogens with two attached hydrogens (primary N) is 1. The van der Waals surface area contributed by atoms with Crippen LogP contribution in [0, 0.1) is 10.8 Å². The van der Waals surface area contributed by atoms with Gasteiger partial charge in [-0.25, -0.2) is 62.0 Å². The van der Waals surface area contributed by atoms with E-state index in [0.717, 1.165) is 12.8 Å². The second-order valence-electron chi connectivity index (χ2n) is 29.3. The van der Waals surface area contributed by atoms with Crippen LogP contribution in [0.1, 0.15) is 161 Å². The van der Waals surface area contributed by atoms with E-state index in [1.807, 2.05) is 74.0 Å². The van der Waals surface area contributed by atoms with Crippen LogP contribution in [0.25, 0.3) is 11.6 Å². The Labute approximate surface area is 612 Å². The summed E-state index contributed by atoms with van der Waals surface area (Å²) in [6.07, 6.45) is 4.68. The van der Waals surface area contributed by atoms with Crippen LogP contribution < -0.4 is 30.0 Å². The quantitative estimate of drug-likeness (QED) is 0.0236. The molecular weight excluding hydrogens is 1440 g/mol. The number of nitrogens with zero attached hydrogens (tertiary/aromatic N) is 10. The third-order valence-electron chi connectivity index (χ3n) is 17.2. The van der Waals surface area contributed by atoms with Crippen LogP contribution in [0.4, 0.5) is 34.4 Å². The summed E-state index contributed by atoms with van der Waals surface area (Å²) in [7, 11) is -8.20. The van der Waals surface area contributed by atoms with E-state index in [0.29, 0.717) is 81.0 Å². The summed E-state index contributed by atoms with van der Waals surface area (Å²) in [6.45, 7) is 24.2. The Morgan fingerprint density at radius 2 is 1.05 bits per heavy atom. The van der Waals surface area contributed by atoms with Gasteiger partial charge < -0.3 is 54.0 Å². The number of aromatic nitrogens is 8. The van der Waals surface area contributed by atoms with Gasteiger partial charge in [0.1, 0.15) is 33.1 Å². The molecule has 2 aliphatic heterocycles. The number of amides is 3. The summed E-state index contributed by atoms with van der Waals surface area (Å²) < 4.78 is 126. The van der Waals surface area contributed by atoms with Gasteiger partial charge in [-0.2, -0.15) is 21.6 Å². The van der Waals surface area contributed by atoms with E-state index in [4.69, 9.17) is 61.9 Å². The molecule has 6 aromatic rings. The molecule has 104 heavy (non-hydrogen) atoms. The maximum atomic E-state index is 13.1. The highest BCUT2D eigenvalue weighted by Gasteiger charge is 2.62. The standard InChI is InChI=1S/C34H46ClN7O7S.C18H30N4O5S.C16H15ClF3N3O3/c1-32(2,3)49-31(44)41-22-23(21-33(41,4)5)47-20-17-36-25-9-7-10-28(37-25)50(45,46)40-30(43)24-11-12-26(38-29(24)35)42-18-13-27(39-42)48-19-8-14-34(6)15-16-34;1-17(2,3)27-16(23)22-12-13(11-18(22,4)5)26-10-9-20-14-7-6-8-15(21-14)28(19,24)25;17-13-10(14(24)25)2-3-11(21-13)23-8-4-12(22-23)26-9-1-5-15(6-7-15)16(18,19)20/h7,9-13,18,23H,8,14-17,19-22H2,1-6H3,(H,36,37)(H,40,43);6-8,13H,9-12H2,1-5H3,(H,20,21)(H2,19,24,25);2-4,8H,1,5-7,9H2,(H,24,25).